The quantitative estimate of drug-likeness (QED) is 0.617. The standard InChI is InChI=1S/C19H19N5O4S/c1-10-7-17(29-23-10)20-16(26)9-28-11-3-4-12-14(8-11)24(2)22-18(12)13-5-6-15(25)21-19(13)27/h3-4,7-8,13H,5-6,9H2,1-2H3,(H,20,26)(H,21,25,27). The molecule has 1 aliphatic heterocycles. The smallest absolute Gasteiger partial charge is 0.262 e. The molecular formula is C19H19N5O4S. The lowest BCUT2D eigenvalue weighted by Gasteiger charge is -2.19. The van der Waals surface area contributed by atoms with Crippen LogP contribution in [0.5, 0.6) is 5.75 Å². The number of piperidine rings is 1. The fourth-order valence-electron chi connectivity index (χ4n) is 3.31. The fraction of sp³-hybridized carbons (Fsp3) is 0.316. The highest BCUT2D eigenvalue weighted by atomic mass is 32.1. The summed E-state index contributed by atoms with van der Waals surface area (Å²) in [5.74, 6) is -0.795. The molecule has 9 nitrogen and oxygen atoms in total. The van der Waals surface area contributed by atoms with Gasteiger partial charge in [0.2, 0.25) is 11.8 Å². The largest absolute Gasteiger partial charge is 0.484 e. The number of hydrogen-bond acceptors (Lipinski definition) is 7. The van der Waals surface area contributed by atoms with Gasteiger partial charge in [0.05, 0.1) is 22.8 Å². The second kappa shape index (κ2) is 7.63. The van der Waals surface area contributed by atoms with Crippen molar-refractivity contribution in [2.24, 2.45) is 7.05 Å². The number of fused-ring (bicyclic) bond motifs is 1. The second-order valence-electron chi connectivity index (χ2n) is 6.86. The predicted molar refractivity (Wildman–Crippen MR) is 107 cm³/mol. The maximum atomic E-state index is 12.2. The summed E-state index contributed by atoms with van der Waals surface area (Å²) in [5, 5.41) is 11.1. The molecule has 3 amide bonds. The summed E-state index contributed by atoms with van der Waals surface area (Å²) in [6.07, 6.45) is 0.732. The van der Waals surface area contributed by atoms with Gasteiger partial charge in [-0.3, -0.25) is 24.4 Å². The highest BCUT2D eigenvalue weighted by molar-refractivity contribution is 7.10. The summed E-state index contributed by atoms with van der Waals surface area (Å²) < 4.78 is 11.4. The molecule has 1 aliphatic rings. The van der Waals surface area contributed by atoms with Crippen molar-refractivity contribution in [2.75, 3.05) is 11.9 Å². The van der Waals surface area contributed by atoms with E-state index in [1.807, 2.05) is 13.0 Å². The monoisotopic (exact) mass is 413 g/mol. The van der Waals surface area contributed by atoms with E-state index in [2.05, 4.69) is 20.1 Å². The Morgan fingerprint density at radius 3 is 2.93 bits per heavy atom. The Labute approximate surface area is 170 Å². The molecule has 4 rings (SSSR count). The van der Waals surface area contributed by atoms with Crippen LogP contribution < -0.4 is 15.4 Å². The van der Waals surface area contributed by atoms with Gasteiger partial charge in [-0.25, -0.2) is 0 Å². The van der Waals surface area contributed by atoms with Crippen molar-refractivity contribution >= 4 is 45.2 Å². The van der Waals surface area contributed by atoms with E-state index in [4.69, 9.17) is 4.74 Å². The maximum absolute atomic E-state index is 12.2. The third kappa shape index (κ3) is 3.97. The summed E-state index contributed by atoms with van der Waals surface area (Å²) in [7, 11) is 1.78. The predicted octanol–water partition coefficient (Wildman–Crippen LogP) is 1.88. The number of aryl methyl sites for hydroxylation is 2. The van der Waals surface area contributed by atoms with Gasteiger partial charge < -0.3 is 10.1 Å². The van der Waals surface area contributed by atoms with Gasteiger partial charge in [0.25, 0.3) is 5.91 Å². The molecule has 150 valence electrons. The van der Waals surface area contributed by atoms with Crippen molar-refractivity contribution < 1.29 is 19.1 Å². The van der Waals surface area contributed by atoms with Crippen LogP contribution in [-0.2, 0) is 21.4 Å². The van der Waals surface area contributed by atoms with Crippen LogP contribution in [0.4, 0.5) is 5.00 Å². The van der Waals surface area contributed by atoms with E-state index >= 15 is 0 Å². The highest BCUT2D eigenvalue weighted by Gasteiger charge is 2.31. The number of anilines is 1. The number of imide groups is 1. The van der Waals surface area contributed by atoms with Crippen molar-refractivity contribution in [1.29, 1.82) is 0 Å². The zero-order valence-electron chi connectivity index (χ0n) is 15.9. The van der Waals surface area contributed by atoms with E-state index in [0.29, 0.717) is 29.3 Å². The number of aromatic nitrogens is 3. The van der Waals surface area contributed by atoms with Crippen LogP contribution in [0.1, 0.15) is 30.1 Å². The molecule has 0 bridgehead atoms. The van der Waals surface area contributed by atoms with Crippen LogP contribution in [-0.4, -0.2) is 38.5 Å². The van der Waals surface area contributed by atoms with Gasteiger partial charge in [-0.1, -0.05) is 0 Å². The van der Waals surface area contributed by atoms with Gasteiger partial charge in [-0.2, -0.15) is 9.47 Å². The summed E-state index contributed by atoms with van der Waals surface area (Å²) in [4.78, 5) is 35.6. The van der Waals surface area contributed by atoms with Gasteiger partial charge in [-0.05, 0) is 43.1 Å². The van der Waals surface area contributed by atoms with Gasteiger partial charge >= 0.3 is 0 Å². The molecule has 1 aromatic carbocycles. The van der Waals surface area contributed by atoms with E-state index in [9.17, 15) is 14.4 Å². The minimum Gasteiger partial charge on any atom is -0.484 e. The van der Waals surface area contributed by atoms with Crippen LogP contribution in [0, 0.1) is 6.92 Å². The summed E-state index contributed by atoms with van der Waals surface area (Å²) in [5.41, 5.74) is 2.26. The lowest BCUT2D eigenvalue weighted by atomic mass is 9.93. The third-order valence-electron chi connectivity index (χ3n) is 4.68. The Balaban J connectivity index is 1.48. The molecule has 2 aromatic heterocycles. The number of benzene rings is 1. The molecule has 0 spiro atoms. The molecule has 10 heteroatoms. The number of amides is 3. The summed E-state index contributed by atoms with van der Waals surface area (Å²) in [6, 6.07) is 7.13. The number of hydrogen-bond donors (Lipinski definition) is 2. The number of nitrogens with zero attached hydrogens (tertiary/aromatic N) is 3. The number of ether oxygens (including phenoxy) is 1. The Bertz CT molecular complexity index is 1120. The number of carbonyl (C=O) groups is 3. The van der Waals surface area contributed by atoms with Crippen molar-refractivity contribution in [3.8, 4) is 5.75 Å². The van der Waals surface area contributed by atoms with Gasteiger partial charge in [0.1, 0.15) is 10.8 Å². The lowest BCUT2D eigenvalue weighted by Crippen LogP contribution is -2.39. The Morgan fingerprint density at radius 1 is 1.38 bits per heavy atom. The summed E-state index contributed by atoms with van der Waals surface area (Å²) >= 11 is 1.22. The zero-order chi connectivity index (χ0) is 20.5. The van der Waals surface area contributed by atoms with E-state index < -0.39 is 5.92 Å². The Kier molecular flexibility index (Phi) is 5.01. The van der Waals surface area contributed by atoms with Crippen LogP contribution in [0.3, 0.4) is 0 Å². The van der Waals surface area contributed by atoms with Gasteiger partial charge in [0.15, 0.2) is 6.61 Å². The molecule has 29 heavy (non-hydrogen) atoms. The van der Waals surface area contributed by atoms with Crippen molar-refractivity contribution in [2.45, 2.75) is 25.7 Å². The number of carbonyl (C=O) groups excluding carboxylic acids is 3. The molecule has 0 aliphatic carbocycles. The van der Waals surface area contributed by atoms with E-state index in [1.165, 1.54) is 11.5 Å². The normalized spacial score (nSPS) is 16.7. The van der Waals surface area contributed by atoms with Crippen LogP contribution in [0.15, 0.2) is 24.3 Å². The van der Waals surface area contributed by atoms with Crippen LogP contribution in [0.2, 0.25) is 0 Å². The molecule has 1 saturated heterocycles. The van der Waals surface area contributed by atoms with Crippen molar-refractivity contribution in [1.82, 2.24) is 19.5 Å². The summed E-state index contributed by atoms with van der Waals surface area (Å²) in [6.45, 7) is 1.72. The molecule has 3 aromatic rings. The molecule has 0 saturated carbocycles. The lowest BCUT2D eigenvalue weighted by molar-refractivity contribution is -0.134. The average molecular weight is 413 g/mol. The zero-order valence-corrected chi connectivity index (χ0v) is 16.7. The van der Waals surface area contributed by atoms with E-state index in [-0.39, 0.29) is 24.3 Å². The molecule has 3 heterocycles. The molecule has 0 radical (unpaired) electrons. The third-order valence-corrected chi connectivity index (χ3v) is 5.48. The highest BCUT2D eigenvalue weighted by Crippen LogP contribution is 2.31. The SMILES string of the molecule is Cc1cc(NC(=O)COc2ccc3c(C4CCC(=O)NC4=O)nn(C)c3c2)sn1. The van der Waals surface area contributed by atoms with Crippen molar-refractivity contribution in [3.05, 3.63) is 35.7 Å². The first kappa shape index (κ1) is 19.1. The Hall–Kier alpha value is -3.27. The van der Waals surface area contributed by atoms with Gasteiger partial charge in [0, 0.05) is 24.9 Å². The molecule has 1 atom stereocenters. The van der Waals surface area contributed by atoms with Crippen LogP contribution in [0.25, 0.3) is 10.9 Å². The van der Waals surface area contributed by atoms with Crippen LogP contribution >= 0.6 is 11.5 Å². The fourth-order valence-corrected chi connectivity index (χ4v) is 3.99. The average Bonchev–Trinajstić information content (AvgIpc) is 3.23. The molecule has 1 unspecified atom stereocenters. The molecule has 1 fully saturated rings. The maximum Gasteiger partial charge on any atom is 0.262 e. The molecular weight excluding hydrogens is 394 g/mol. The second-order valence-corrected chi connectivity index (χ2v) is 7.67. The van der Waals surface area contributed by atoms with Crippen molar-refractivity contribution in [3.63, 3.8) is 0 Å². The number of rotatable bonds is 5. The Morgan fingerprint density at radius 2 is 2.21 bits per heavy atom. The molecule has 2 N–H and O–H groups in total. The minimum atomic E-state index is -0.461. The topological polar surface area (TPSA) is 115 Å². The van der Waals surface area contributed by atoms with E-state index in [0.717, 1.165) is 16.6 Å². The van der Waals surface area contributed by atoms with E-state index in [1.54, 1.807) is 29.9 Å². The first-order valence-corrected chi connectivity index (χ1v) is 9.84. The minimum absolute atomic E-state index is 0.139. The first-order valence-electron chi connectivity index (χ1n) is 9.07. The van der Waals surface area contributed by atoms with Gasteiger partial charge in [-0.15, -0.1) is 0 Å². The first-order chi connectivity index (χ1) is 13.9. The number of nitrogens with one attached hydrogen (secondary N) is 2.